The summed E-state index contributed by atoms with van der Waals surface area (Å²) in [4.78, 5) is 19.7. The van der Waals surface area contributed by atoms with Crippen LogP contribution in [0.4, 0.5) is 0 Å². The molecule has 3 rings (SSSR count). The summed E-state index contributed by atoms with van der Waals surface area (Å²) >= 11 is 1.10. The monoisotopic (exact) mass is 429 g/mol. The summed E-state index contributed by atoms with van der Waals surface area (Å²) in [7, 11) is -3.82. The molecule has 6 nitrogen and oxygen atoms in total. The number of sulfone groups is 1. The molecule has 0 aliphatic carbocycles. The van der Waals surface area contributed by atoms with Gasteiger partial charge in [-0.2, -0.15) is 0 Å². The average molecular weight is 430 g/mol. The Morgan fingerprint density at radius 2 is 1.76 bits per heavy atom. The first-order chi connectivity index (χ1) is 13.8. The van der Waals surface area contributed by atoms with Crippen molar-refractivity contribution in [2.45, 2.75) is 41.8 Å². The molecular formula is C21H23N3O3S2. The van der Waals surface area contributed by atoms with Crippen LogP contribution in [0.2, 0.25) is 0 Å². The van der Waals surface area contributed by atoms with Crippen molar-refractivity contribution in [2.24, 2.45) is 0 Å². The van der Waals surface area contributed by atoms with Crippen molar-refractivity contribution in [1.82, 2.24) is 15.3 Å². The van der Waals surface area contributed by atoms with E-state index in [4.69, 9.17) is 0 Å². The quantitative estimate of drug-likeness (QED) is 0.557. The number of aryl methyl sites for hydroxylation is 1. The number of rotatable bonds is 7. The predicted octanol–water partition coefficient (Wildman–Crippen LogP) is 3.83. The van der Waals surface area contributed by atoms with Gasteiger partial charge in [0.25, 0.3) is 0 Å². The number of imidazole rings is 1. The number of benzene rings is 2. The van der Waals surface area contributed by atoms with E-state index in [0.717, 1.165) is 22.9 Å². The minimum absolute atomic E-state index is 0.00236. The van der Waals surface area contributed by atoms with E-state index in [1.165, 1.54) is 0 Å². The maximum absolute atomic E-state index is 13.2. The van der Waals surface area contributed by atoms with Crippen molar-refractivity contribution in [3.8, 4) is 11.4 Å². The molecule has 0 saturated carbocycles. The van der Waals surface area contributed by atoms with E-state index in [0.29, 0.717) is 5.82 Å². The van der Waals surface area contributed by atoms with Crippen LogP contribution < -0.4 is 5.32 Å². The van der Waals surface area contributed by atoms with Crippen LogP contribution in [0, 0.1) is 6.92 Å². The predicted molar refractivity (Wildman–Crippen MR) is 115 cm³/mol. The molecule has 0 saturated heterocycles. The highest BCUT2D eigenvalue weighted by atomic mass is 32.2. The van der Waals surface area contributed by atoms with Gasteiger partial charge in [0.2, 0.25) is 15.7 Å². The highest BCUT2D eigenvalue weighted by molar-refractivity contribution is 8.00. The standard InChI is InChI=1S/C21H23N3O3S2/c1-14(2)22-18(25)13-28-20-21(24-19(23-20)16-7-5-4-6-8-16)29(26,27)17-11-9-15(3)10-12-17/h4-12,14H,13H2,1-3H3,(H,22,25)(H,23,24). The van der Waals surface area contributed by atoms with Crippen molar-refractivity contribution < 1.29 is 13.2 Å². The van der Waals surface area contributed by atoms with Crippen molar-refractivity contribution in [2.75, 3.05) is 5.75 Å². The van der Waals surface area contributed by atoms with Gasteiger partial charge >= 0.3 is 0 Å². The van der Waals surface area contributed by atoms with Crippen molar-refractivity contribution in [3.63, 3.8) is 0 Å². The molecule has 3 aromatic rings. The zero-order valence-electron chi connectivity index (χ0n) is 16.5. The van der Waals surface area contributed by atoms with Crippen molar-refractivity contribution >= 4 is 27.5 Å². The summed E-state index contributed by atoms with van der Waals surface area (Å²) in [5.74, 6) is 0.351. The van der Waals surface area contributed by atoms with Gasteiger partial charge in [0.15, 0.2) is 5.03 Å². The van der Waals surface area contributed by atoms with E-state index < -0.39 is 9.84 Å². The van der Waals surface area contributed by atoms with Crippen LogP contribution in [0.25, 0.3) is 11.4 Å². The average Bonchev–Trinajstić information content (AvgIpc) is 3.12. The lowest BCUT2D eigenvalue weighted by atomic mass is 10.2. The highest BCUT2D eigenvalue weighted by Crippen LogP contribution is 2.32. The third kappa shape index (κ3) is 5.07. The summed E-state index contributed by atoms with van der Waals surface area (Å²) < 4.78 is 26.5. The first kappa shape index (κ1) is 21.1. The van der Waals surface area contributed by atoms with Crippen LogP contribution in [0.15, 0.2) is 69.5 Å². The molecule has 0 fully saturated rings. The molecule has 1 aromatic heterocycles. The Bertz CT molecular complexity index is 1090. The second-order valence-electron chi connectivity index (χ2n) is 6.91. The number of nitrogens with one attached hydrogen (secondary N) is 2. The van der Waals surface area contributed by atoms with Gasteiger partial charge in [-0.1, -0.05) is 59.8 Å². The number of nitrogens with zero attached hydrogens (tertiary/aromatic N) is 1. The summed E-state index contributed by atoms with van der Waals surface area (Å²) in [5, 5.41) is 3.08. The van der Waals surface area contributed by atoms with Crippen LogP contribution in [0.5, 0.6) is 0 Å². The van der Waals surface area contributed by atoms with Crippen LogP contribution in [0.1, 0.15) is 19.4 Å². The maximum atomic E-state index is 13.2. The first-order valence-electron chi connectivity index (χ1n) is 9.16. The Labute approximate surface area is 175 Å². The molecule has 1 heterocycles. The second-order valence-corrected chi connectivity index (χ2v) is 9.76. The zero-order valence-corrected chi connectivity index (χ0v) is 18.1. The topological polar surface area (TPSA) is 91.9 Å². The van der Waals surface area contributed by atoms with Crippen LogP contribution in [-0.4, -0.2) is 36.1 Å². The Morgan fingerprint density at radius 1 is 1.10 bits per heavy atom. The molecule has 2 aromatic carbocycles. The molecule has 0 aliphatic rings. The number of hydrogen-bond acceptors (Lipinski definition) is 5. The van der Waals surface area contributed by atoms with Gasteiger partial charge in [-0.3, -0.25) is 4.79 Å². The fourth-order valence-electron chi connectivity index (χ4n) is 2.69. The van der Waals surface area contributed by atoms with E-state index >= 15 is 0 Å². The lowest BCUT2D eigenvalue weighted by Crippen LogP contribution is -2.31. The van der Waals surface area contributed by atoms with Gasteiger partial charge < -0.3 is 10.3 Å². The van der Waals surface area contributed by atoms with Crippen LogP contribution in [0.3, 0.4) is 0 Å². The summed E-state index contributed by atoms with van der Waals surface area (Å²) in [5.41, 5.74) is 1.74. The van der Waals surface area contributed by atoms with E-state index in [1.54, 1.807) is 24.3 Å². The largest absolute Gasteiger partial charge is 0.353 e. The minimum Gasteiger partial charge on any atom is -0.353 e. The number of thioether (sulfide) groups is 1. The highest BCUT2D eigenvalue weighted by Gasteiger charge is 2.26. The fourth-order valence-corrected chi connectivity index (χ4v) is 5.12. The Hall–Kier alpha value is -2.58. The van der Waals surface area contributed by atoms with E-state index in [1.807, 2.05) is 51.1 Å². The number of amides is 1. The third-order valence-electron chi connectivity index (χ3n) is 4.08. The van der Waals surface area contributed by atoms with Gasteiger partial charge in [-0.15, -0.1) is 0 Å². The fraction of sp³-hybridized carbons (Fsp3) is 0.238. The molecule has 0 bridgehead atoms. The first-order valence-corrected chi connectivity index (χ1v) is 11.6. The van der Waals surface area contributed by atoms with Crippen molar-refractivity contribution in [3.05, 3.63) is 60.2 Å². The summed E-state index contributed by atoms with van der Waals surface area (Å²) in [6.07, 6.45) is 0. The lowest BCUT2D eigenvalue weighted by molar-refractivity contribution is -0.119. The Kier molecular flexibility index (Phi) is 6.44. The zero-order chi connectivity index (χ0) is 21.0. The number of H-pyrrole nitrogens is 1. The lowest BCUT2D eigenvalue weighted by Gasteiger charge is -2.08. The third-order valence-corrected chi connectivity index (χ3v) is 6.91. The molecule has 0 atom stereocenters. The number of aromatic nitrogens is 2. The molecule has 0 aliphatic heterocycles. The number of hydrogen-bond donors (Lipinski definition) is 2. The minimum atomic E-state index is -3.82. The second kappa shape index (κ2) is 8.84. The van der Waals surface area contributed by atoms with Gasteiger partial charge in [0, 0.05) is 11.6 Å². The molecular weight excluding hydrogens is 406 g/mol. The van der Waals surface area contributed by atoms with Gasteiger partial charge in [-0.05, 0) is 32.9 Å². The molecule has 0 unspecified atom stereocenters. The number of carbonyl (C=O) groups is 1. The van der Waals surface area contributed by atoms with E-state index in [-0.39, 0.29) is 32.6 Å². The van der Waals surface area contributed by atoms with E-state index in [2.05, 4.69) is 15.3 Å². The molecule has 1 amide bonds. The SMILES string of the molecule is Cc1ccc(S(=O)(=O)c2[nH]c(-c3ccccc3)nc2SCC(=O)NC(C)C)cc1. The maximum Gasteiger partial charge on any atom is 0.230 e. The molecule has 2 N–H and O–H groups in total. The molecule has 0 spiro atoms. The molecule has 8 heteroatoms. The Morgan fingerprint density at radius 3 is 2.38 bits per heavy atom. The Balaban J connectivity index is 2.00. The van der Waals surface area contributed by atoms with Gasteiger partial charge in [0.05, 0.1) is 10.6 Å². The number of carbonyl (C=O) groups excluding carboxylic acids is 1. The van der Waals surface area contributed by atoms with Crippen molar-refractivity contribution in [1.29, 1.82) is 0 Å². The summed E-state index contributed by atoms with van der Waals surface area (Å²) in [6, 6.07) is 16.0. The van der Waals surface area contributed by atoms with Gasteiger partial charge in [-0.25, -0.2) is 13.4 Å². The summed E-state index contributed by atoms with van der Waals surface area (Å²) in [6.45, 7) is 5.64. The van der Waals surface area contributed by atoms with Crippen LogP contribution >= 0.6 is 11.8 Å². The molecule has 0 radical (unpaired) electrons. The normalized spacial score (nSPS) is 11.6. The van der Waals surface area contributed by atoms with Gasteiger partial charge in [0.1, 0.15) is 10.9 Å². The van der Waals surface area contributed by atoms with Crippen LogP contribution in [-0.2, 0) is 14.6 Å². The molecule has 152 valence electrons. The van der Waals surface area contributed by atoms with E-state index in [9.17, 15) is 13.2 Å². The molecule has 29 heavy (non-hydrogen) atoms. The smallest absolute Gasteiger partial charge is 0.230 e. The number of aromatic amines is 1.